The van der Waals surface area contributed by atoms with Gasteiger partial charge in [-0.1, -0.05) is 5.21 Å². The molecule has 0 bridgehead atoms. The molecule has 11 heteroatoms. The molecule has 1 aliphatic carbocycles. The van der Waals surface area contributed by atoms with Crippen molar-refractivity contribution >= 4 is 28.8 Å². The lowest BCUT2D eigenvalue weighted by molar-refractivity contribution is -0.137. The Morgan fingerprint density at radius 3 is 2.57 bits per heavy atom. The zero-order chi connectivity index (χ0) is 24.4. The highest BCUT2D eigenvalue weighted by atomic mass is 16.5. The molecule has 2 aromatic heterocycles. The van der Waals surface area contributed by atoms with Crippen molar-refractivity contribution < 1.29 is 14.3 Å². The number of amides is 2. The molecule has 2 aliphatic rings. The van der Waals surface area contributed by atoms with E-state index >= 15 is 0 Å². The minimum absolute atomic E-state index is 0.00161. The molecule has 1 aliphatic heterocycles. The second-order valence-corrected chi connectivity index (χ2v) is 9.25. The fourth-order valence-electron chi connectivity index (χ4n) is 4.47. The molecule has 1 saturated carbocycles. The van der Waals surface area contributed by atoms with Crippen molar-refractivity contribution in [3.05, 3.63) is 41.7 Å². The summed E-state index contributed by atoms with van der Waals surface area (Å²) < 4.78 is 7.28. The number of likely N-dealkylation sites (N-methyl/N-ethyl adjacent to an activating group) is 1. The predicted octanol–water partition coefficient (Wildman–Crippen LogP) is 1.34. The van der Waals surface area contributed by atoms with E-state index in [2.05, 4.69) is 25.2 Å². The van der Waals surface area contributed by atoms with E-state index in [0.29, 0.717) is 35.7 Å². The van der Waals surface area contributed by atoms with Crippen molar-refractivity contribution in [2.75, 3.05) is 38.3 Å². The molecule has 1 aromatic carbocycles. The van der Waals surface area contributed by atoms with Gasteiger partial charge >= 0.3 is 0 Å². The molecule has 0 atom stereocenters. The first-order valence-electron chi connectivity index (χ1n) is 12.0. The van der Waals surface area contributed by atoms with Crippen LogP contribution in [0.1, 0.15) is 47.5 Å². The van der Waals surface area contributed by atoms with Gasteiger partial charge in [-0.15, -0.1) is 5.10 Å². The molecule has 0 spiro atoms. The van der Waals surface area contributed by atoms with Crippen molar-refractivity contribution in [1.82, 2.24) is 29.9 Å². The summed E-state index contributed by atoms with van der Waals surface area (Å²) in [5, 5.41) is 8.18. The molecule has 11 nitrogen and oxygen atoms in total. The van der Waals surface area contributed by atoms with Gasteiger partial charge in [0.2, 0.25) is 17.8 Å². The van der Waals surface area contributed by atoms with Gasteiger partial charge in [0, 0.05) is 44.1 Å². The van der Waals surface area contributed by atoms with Crippen LogP contribution >= 0.6 is 0 Å². The van der Waals surface area contributed by atoms with Crippen LogP contribution < -0.4 is 10.6 Å². The SMILES string of the molecule is CN(C(=O)COCCn1nnc2ccc(C(N)=O)cc21)C1CCN(c2ncc(C3CC3)cn2)CC1. The first-order chi connectivity index (χ1) is 17.0. The third-order valence-electron chi connectivity index (χ3n) is 6.87. The van der Waals surface area contributed by atoms with Crippen LogP contribution in [0.5, 0.6) is 0 Å². The molecule has 3 aromatic rings. The fourth-order valence-corrected chi connectivity index (χ4v) is 4.47. The van der Waals surface area contributed by atoms with Gasteiger partial charge in [-0.25, -0.2) is 14.6 Å². The summed E-state index contributed by atoms with van der Waals surface area (Å²) in [7, 11) is 1.84. The third kappa shape index (κ3) is 5.24. The molecule has 35 heavy (non-hydrogen) atoms. The number of carbonyl (C=O) groups excluding carboxylic acids is 2. The summed E-state index contributed by atoms with van der Waals surface area (Å²) in [5.74, 6) is 0.873. The van der Waals surface area contributed by atoms with Crippen LogP contribution in [-0.2, 0) is 16.1 Å². The normalized spacial score (nSPS) is 16.5. The molecule has 5 rings (SSSR count). The molecule has 3 heterocycles. The molecule has 2 fully saturated rings. The maximum atomic E-state index is 12.7. The largest absolute Gasteiger partial charge is 0.370 e. The number of nitrogens with two attached hydrogens (primary N) is 1. The van der Waals surface area contributed by atoms with Crippen LogP contribution in [0.15, 0.2) is 30.6 Å². The highest BCUT2D eigenvalue weighted by Gasteiger charge is 2.28. The van der Waals surface area contributed by atoms with Gasteiger partial charge in [0.25, 0.3) is 0 Å². The van der Waals surface area contributed by atoms with E-state index in [1.165, 1.54) is 18.4 Å². The van der Waals surface area contributed by atoms with Crippen LogP contribution in [0, 0.1) is 0 Å². The molecule has 0 radical (unpaired) electrons. The van der Waals surface area contributed by atoms with Gasteiger partial charge in [0.05, 0.1) is 18.7 Å². The van der Waals surface area contributed by atoms with Crippen LogP contribution in [0.3, 0.4) is 0 Å². The standard InChI is InChI=1S/C24H30N8O3/c1-30(19-6-8-31(9-7-19)24-26-13-18(14-27-24)16-2-3-16)22(33)15-35-11-10-32-21-12-17(23(25)34)4-5-20(21)28-29-32/h4-5,12-14,16,19H,2-3,6-11,15H2,1H3,(H2,25,34). The van der Waals surface area contributed by atoms with Crippen LogP contribution in [0.25, 0.3) is 11.0 Å². The van der Waals surface area contributed by atoms with E-state index in [1.807, 2.05) is 19.4 Å². The zero-order valence-corrected chi connectivity index (χ0v) is 19.8. The first-order valence-corrected chi connectivity index (χ1v) is 12.0. The highest BCUT2D eigenvalue weighted by Crippen LogP contribution is 2.39. The Bertz CT molecular complexity index is 1200. The summed E-state index contributed by atoms with van der Waals surface area (Å²) in [5.41, 5.74) is 8.36. The number of anilines is 1. The number of hydrogen-bond donors (Lipinski definition) is 1. The number of benzene rings is 1. The molecule has 184 valence electrons. The van der Waals surface area contributed by atoms with E-state index in [1.54, 1.807) is 27.8 Å². The molecular weight excluding hydrogens is 448 g/mol. The summed E-state index contributed by atoms with van der Waals surface area (Å²) in [6.07, 6.45) is 8.13. The number of rotatable bonds is 9. The molecule has 2 amide bonds. The van der Waals surface area contributed by atoms with Crippen molar-refractivity contribution in [2.24, 2.45) is 5.73 Å². The number of nitrogens with zero attached hydrogens (tertiary/aromatic N) is 7. The second-order valence-electron chi connectivity index (χ2n) is 9.25. The monoisotopic (exact) mass is 478 g/mol. The predicted molar refractivity (Wildman–Crippen MR) is 129 cm³/mol. The van der Waals surface area contributed by atoms with Gasteiger partial charge < -0.3 is 20.3 Å². The summed E-state index contributed by atoms with van der Waals surface area (Å²) in [6, 6.07) is 5.16. The number of carbonyl (C=O) groups is 2. The number of aromatic nitrogens is 5. The number of ether oxygens (including phenoxy) is 1. The lowest BCUT2D eigenvalue weighted by Gasteiger charge is -2.36. The van der Waals surface area contributed by atoms with Gasteiger partial charge in [-0.3, -0.25) is 9.59 Å². The molecule has 2 N–H and O–H groups in total. The first kappa shape index (κ1) is 23.2. The zero-order valence-electron chi connectivity index (χ0n) is 19.8. The minimum atomic E-state index is -0.505. The van der Waals surface area contributed by atoms with Crippen molar-refractivity contribution in [3.8, 4) is 0 Å². The Morgan fingerprint density at radius 1 is 1.14 bits per heavy atom. The van der Waals surface area contributed by atoms with E-state index < -0.39 is 5.91 Å². The lowest BCUT2D eigenvalue weighted by atomic mass is 10.0. The van der Waals surface area contributed by atoms with Crippen LogP contribution in [-0.4, -0.2) is 81.1 Å². The Kier molecular flexibility index (Phi) is 6.58. The van der Waals surface area contributed by atoms with Crippen LogP contribution in [0.4, 0.5) is 5.95 Å². The molecular formula is C24H30N8O3. The molecule has 1 saturated heterocycles. The summed E-state index contributed by atoms with van der Waals surface area (Å²) in [6.45, 7) is 2.35. The van der Waals surface area contributed by atoms with Gasteiger partial charge in [-0.2, -0.15) is 0 Å². The Morgan fingerprint density at radius 2 is 1.89 bits per heavy atom. The minimum Gasteiger partial charge on any atom is -0.370 e. The number of piperidine rings is 1. The van der Waals surface area contributed by atoms with Gasteiger partial charge in [0.15, 0.2) is 0 Å². The summed E-state index contributed by atoms with van der Waals surface area (Å²) in [4.78, 5) is 37.2. The van der Waals surface area contributed by atoms with Crippen molar-refractivity contribution in [2.45, 2.75) is 44.2 Å². The van der Waals surface area contributed by atoms with Crippen LogP contribution in [0.2, 0.25) is 0 Å². The van der Waals surface area contributed by atoms with E-state index in [9.17, 15) is 9.59 Å². The average molecular weight is 479 g/mol. The quantitative estimate of drug-likeness (QED) is 0.456. The summed E-state index contributed by atoms with van der Waals surface area (Å²) >= 11 is 0. The smallest absolute Gasteiger partial charge is 0.248 e. The van der Waals surface area contributed by atoms with Gasteiger partial charge in [0.1, 0.15) is 12.1 Å². The Hall–Kier alpha value is -3.60. The van der Waals surface area contributed by atoms with E-state index in [0.717, 1.165) is 31.9 Å². The maximum absolute atomic E-state index is 12.7. The Labute approximate surface area is 203 Å². The average Bonchev–Trinajstić information content (AvgIpc) is 3.66. The topological polar surface area (TPSA) is 132 Å². The maximum Gasteiger partial charge on any atom is 0.248 e. The third-order valence-corrected chi connectivity index (χ3v) is 6.87. The van der Waals surface area contributed by atoms with E-state index in [-0.39, 0.29) is 18.6 Å². The Balaban J connectivity index is 1.06. The number of hydrogen-bond acceptors (Lipinski definition) is 8. The van der Waals surface area contributed by atoms with E-state index in [4.69, 9.17) is 10.5 Å². The number of primary amides is 1. The highest BCUT2D eigenvalue weighted by molar-refractivity contribution is 5.96. The second kappa shape index (κ2) is 9.95. The van der Waals surface area contributed by atoms with Crippen molar-refractivity contribution in [3.63, 3.8) is 0 Å². The van der Waals surface area contributed by atoms with Crippen molar-refractivity contribution in [1.29, 1.82) is 0 Å². The molecule has 0 unspecified atom stereocenters. The number of fused-ring (bicyclic) bond motifs is 1. The van der Waals surface area contributed by atoms with Gasteiger partial charge in [-0.05, 0) is 55.4 Å². The lowest BCUT2D eigenvalue weighted by Crippen LogP contribution is -2.47. The fraction of sp³-hybridized carbons (Fsp3) is 0.500.